The Morgan fingerprint density at radius 2 is 1.85 bits per heavy atom. The second-order valence-electron chi connectivity index (χ2n) is 4.99. The van der Waals surface area contributed by atoms with Gasteiger partial charge in [0.1, 0.15) is 0 Å². The molecule has 0 spiro atoms. The standard InChI is InChI=1S/C14H20N4O2/c1-2-14(8-3-9-16-14)12(19)17-10-4-6-11(7-5-10)18-13(15)20/h4-7,16H,2-3,8-9H2,1H3,(H,17,19)(H3,15,18,20). The predicted octanol–water partition coefficient (Wildman–Crippen LogP) is 1.65. The van der Waals surface area contributed by atoms with Gasteiger partial charge in [-0.25, -0.2) is 4.79 Å². The first-order chi connectivity index (χ1) is 9.55. The van der Waals surface area contributed by atoms with Gasteiger partial charge in [-0.2, -0.15) is 0 Å². The van der Waals surface area contributed by atoms with Crippen LogP contribution in [0.3, 0.4) is 0 Å². The van der Waals surface area contributed by atoms with Gasteiger partial charge in [0, 0.05) is 11.4 Å². The monoisotopic (exact) mass is 276 g/mol. The first-order valence-corrected chi connectivity index (χ1v) is 6.79. The van der Waals surface area contributed by atoms with Crippen LogP contribution in [-0.4, -0.2) is 24.0 Å². The van der Waals surface area contributed by atoms with Crippen LogP contribution in [0.15, 0.2) is 24.3 Å². The van der Waals surface area contributed by atoms with E-state index in [2.05, 4.69) is 16.0 Å². The average Bonchev–Trinajstić information content (AvgIpc) is 2.90. The number of nitrogens with one attached hydrogen (secondary N) is 3. The number of nitrogens with two attached hydrogens (primary N) is 1. The molecule has 0 radical (unpaired) electrons. The molecule has 0 aliphatic carbocycles. The Morgan fingerprint density at radius 1 is 1.25 bits per heavy atom. The van der Waals surface area contributed by atoms with Crippen LogP contribution in [0.5, 0.6) is 0 Å². The van der Waals surface area contributed by atoms with Crippen molar-refractivity contribution in [2.75, 3.05) is 17.2 Å². The van der Waals surface area contributed by atoms with Gasteiger partial charge in [0.15, 0.2) is 0 Å². The number of urea groups is 1. The molecule has 3 amide bonds. The lowest BCUT2D eigenvalue weighted by Gasteiger charge is -2.26. The average molecular weight is 276 g/mol. The maximum atomic E-state index is 12.4. The van der Waals surface area contributed by atoms with Crippen LogP contribution < -0.4 is 21.7 Å². The molecule has 0 bridgehead atoms. The molecule has 2 rings (SSSR count). The molecule has 5 N–H and O–H groups in total. The van der Waals surface area contributed by atoms with Gasteiger partial charge in [-0.1, -0.05) is 6.92 Å². The highest BCUT2D eigenvalue weighted by molar-refractivity contribution is 5.98. The minimum atomic E-state index is -0.609. The quantitative estimate of drug-likeness (QED) is 0.673. The Kier molecular flexibility index (Phi) is 4.24. The molecule has 1 saturated heterocycles. The molecular weight excluding hydrogens is 256 g/mol. The second-order valence-corrected chi connectivity index (χ2v) is 4.99. The Labute approximate surface area is 118 Å². The van der Waals surface area contributed by atoms with E-state index in [-0.39, 0.29) is 5.91 Å². The van der Waals surface area contributed by atoms with Crippen LogP contribution in [0.4, 0.5) is 16.2 Å². The highest BCUT2D eigenvalue weighted by atomic mass is 16.2. The molecule has 1 atom stereocenters. The van der Waals surface area contributed by atoms with E-state index in [0.717, 1.165) is 25.8 Å². The maximum Gasteiger partial charge on any atom is 0.316 e. The molecule has 0 saturated carbocycles. The molecule has 0 aromatic heterocycles. The van der Waals surface area contributed by atoms with Crippen molar-refractivity contribution in [3.8, 4) is 0 Å². The van der Waals surface area contributed by atoms with Gasteiger partial charge in [-0.3, -0.25) is 4.79 Å². The van der Waals surface area contributed by atoms with Crippen molar-refractivity contribution >= 4 is 23.3 Å². The molecule has 1 fully saturated rings. The third kappa shape index (κ3) is 3.08. The van der Waals surface area contributed by atoms with Gasteiger partial charge in [0.05, 0.1) is 5.54 Å². The minimum Gasteiger partial charge on any atom is -0.351 e. The van der Waals surface area contributed by atoms with Crippen LogP contribution in [0.25, 0.3) is 0 Å². The lowest BCUT2D eigenvalue weighted by atomic mass is 9.93. The van der Waals surface area contributed by atoms with Crippen molar-refractivity contribution in [2.24, 2.45) is 5.73 Å². The van der Waals surface area contributed by atoms with E-state index in [1.165, 1.54) is 0 Å². The van der Waals surface area contributed by atoms with Crippen molar-refractivity contribution in [3.63, 3.8) is 0 Å². The SMILES string of the molecule is CCC1(C(=O)Nc2ccc(NC(N)=O)cc2)CCCN1. The number of hydrogen-bond acceptors (Lipinski definition) is 3. The third-order valence-electron chi connectivity index (χ3n) is 3.69. The summed E-state index contributed by atoms with van der Waals surface area (Å²) in [4.78, 5) is 23.1. The molecule has 1 aliphatic rings. The fourth-order valence-corrected chi connectivity index (χ4v) is 2.49. The normalized spacial score (nSPS) is 21.4. The van der Waals surface area contributed by atoms with E-state index < -0.39 is 11.6 Å². The molecule has 1 aliphatic heterocycles. The lowest BCUT2D eigenvalue weighted by molar-refractivity contribution is -0.122. The van der Waals surface area contributed by atoms with Crippen molar-refractivity contribution in [3.05, 3.63) is 24.3 Å². The Bertz CT molecular complexity index is 492. The Morgan fingerprint density at radius 3 is 2.30 bits per heavy atom. The van der Waals surface area contributed by atoms with Gasteiger partial charge in [0.2, 0.25) is 5.91 Å². The first kappa shape index (κ1) is 14.3. The molecule has 1 unspecified atom stereocenters. The molecule has 1 aromatic carbocycles. The Hall–Kier alpha value is -2.08. The van der Waals surface area contributed by atoms with Gasteiger partial charge in [0.25, 0.3) is 0 Å². The van der Waals surface area contributed by atoms with Gasteiger partial charge in [-0.15, -0.1) is 0 Å². The van der Waals surface area contributed by atoms with Gasteiger partial charge in [-0.05, 0) is 50.1 Å². The predicted molar refractivity (Wildman–Crippen MR) is 78.5 cm³/mol. The molecule has 1 aromatic rings. The molecule has 20 heavy (non-hydrogen) atoms. The number of amides is 3. The first-order valence-electron chi connectivity index (χ1n) is 6.79. The largest absolute Gasteiger partial charge is 0.351 e. The van der Waals surface area contributed by atoms with Crippen LogP contribution in [0.2, 0.25) is 0 Å². The molecule has 6 heteroatoms. The van der Waals surface area contributed by atoms with Crippen molar-refractivity contribution in [2.45, 2.75) is 31.7 Å². The van der Waals surface area contributed by atoms with Crippen LogP contribution in [0, 0.1) is 0 Å². The maximum absolute atomic E-state index is 12.4. The van der Waals surface area contributed by atoms with E-state index in [4.69, 9.17) is 5.73 Å². The van der Waals surface area contributed by atoms with E-state index >= 15 is 0 Å². The third-order valence-corrected chi connectivity index (χ3v) is 3.69. The molecule has 108 valence electrons. The van der Waals surface area contributed by atoms with Crippen molar-refractivity contribution < 1.29 is 9.59 Å². The summed E-state index contributed by atoms with van der Waals surface area (Å²) in [6.45, 7) is 2.89. The van der Waals surface area contributed by atoms with E-state index in [9.17, 15) is 9.59 Å². The lowest BCUT2D eigenvalue weighted by Crippen LogP contribution is -2.50. The number of rotatable bonds is 4. The summed E-state index contributed by atoms with van der Waals surface area (Å²) in [6.07, 6.45) is 2.64. The van der Waals surface area contributed by atoms with Gasteiger partial charge < -0.3 is 21.7 Å². The number of hydrogen-bond donors (Lipinski definition) is 4. The van der Waals surface area contributed by atoms with E-state index in [1.807, 2.05) is 6.92 Å². The summed E-state index contributed by atoms with van der Waals surface area (Å²) >= 11 is 0. The van der Waals surface area contributed by atoms with Crippen LogP contribution in [-0.2, 0) is 4.79 Å². The summed E-state index contributed by atoms with van der Waals surface area (Å²) in [5, 5.41) is 8.68. The zero-order valence-electron chi connectivity index (χ0n) is 11.5. The second kappa shape index (κ2) is 5.92. The number of carbonyl (C=O) groups is 2. The van der Waals surface area contributed by atoms with Crippen LogP contribution in [0.1, 0.15) is 26.2 Å². The van der Waals surface area contributed by atoms with Crippen molar-refractivity contribution in [1.82, 2.24) is 5.32 Å². The highest BCUT2D eigenvalue weighted by Crippen LogP contribution is 2.25. The summed E-state index contributed by atoms with van der Waals surface area (Å²) in [7, 11) is 0. The van der Waals surface area contributed by atoms with E-state index in [0.29, 0.717) is 11.4 Å². The summed E-state index contributed by atoms with van der Waals surface area (Å²) in [6, 6.07) is 6.26. The zero-order chi connectivity index (χ0) is 14.6. The summed E-state index contributed by atoms with van der Waals surface area (Å²) in [5.41, 5.74) is 5.88. The number of primary amides is 1. The summed E-state index contributed by atoms with van der Waals surface area (Å²) in [5.74, 6) is -0.00638. The molecular formula is C14H20N4O2. The zero-order valence-corrected chi connectivity index (χ0v) is 11.5. The fraction of sp³-hybridized carbons (Fsp3) is 0.429. The smallest absolute Gasteiger partial charge is 0.316 e. The topological polar surface area (TPSA) is 96.2 Å². The molecule has 1 heterocycles. The Balaban J connectivity index is 2.02. The number of benzene rings is 1. The number of anilines is 2. The molecule has 6 nitrogen and oxygen atoms in total. The van der Waals surface area contributed by atoms with E-state index in [1.54, 1.807) is 24.3 Å². The van der Waals surface area contributed by atoms with Crippen LogP contribution >= 0.6 is 0 Å². The summed E-state index contributed by atoms with van der Waals surface area (Å²) < 4.78 is 0. The minimum absolute atomic E-state index is 0.00638. The highest BCUT2D eigenvalue weighted by Gasteiger charge is 2.38. The van der Waals surface area contributed by atoms with Crippen molar-refractivity contribution in [1.29, 1.82) is 0 Å². The fourth-order valence-electron chi connectivity index (χ4n) is 2.49. The van der Waals surface area contributed by atoms with Gasteiger partial charge >= 0.3 is 6.03 Å². The number of carbonyl (C=O) groups excluding carboxylic acids is 2.